The average molecular weight is 359 g/mol. The van der Waals surface area contributed by atoms with Crippen molar-refractivity contribution < 1.29 is 9.53 Å². The second kappa shape index (κ2) is 5.57. The molecule has 1 amide bonds. The maximum Gasteiger partial charge on any atom is 0.411 e. The number of rotatable bonds is 1. The van der Waals surface area contributed by atoms with Crippen LogP contribution in [0.2, 0.25) is 0 Å². The number of halogens is 2. The van der Waals surface area contributed by atoms with Gasteiger partial charge in [0.05, 0.1) is 0 Å². The van der Waals surface area contributed by atoms with Gasteiger partial charge in [-0.2, -0.15) is 0 Å². The summed E-state index contributed by atoms with van der Waals surface area (Å²) < 4.78 is 6.30. The van der Waals surface area contributed by atoms with Crippen LogP contribution in [0, 0.1) is 0 Å². The van der Waals surface area contributed by atoms with Gasteiger partial charge in [0.1, 0.15) is 0 Å². The van der Waals surface area contributed by atoms with Crippen molar-refractivity contribution in [2.75, 3.05) is 6.54 Å². The summed E-state index contributed by atoms with van der Waals surface area (Å²) in [5.74, 6) is 0.410. The zero-order valence-electron chi connectivity index (χ0n) is 11.3. The molecule has 1 aromatic rings. The second-order valence-electron chi connectivity index (χ2n) is 5.43. The predicted molar refractivity (Wildman–Crippen MR) is 82.1 cm³/mol. The van der Waals surface area contributed by atoms with E-state index < -0.39 is 5.56 Å². The van der Waals surface area contributed by atoms with Crippen molar-refractivity contribution in [3.8, 4) is 0 Å². The van der Waals surface area contributed by atoms with E-state index in [1.807, 2.05) is 4.90 Å². The van der Waals surface area contributed by atoms with Crippen LogP contribution in [0.4, 0.5) is 4.79 Å². The topological polar surface area (TPSA) is 29.5 Å². The Labute approximate surface area is 132 Å². The van der Waals surface area contributed by atoms with Gasteiger partial charge in [-0.25, -0.2) is 4.79 Å². The first-order valence-electron chi connectivity index (χ1n) is 6.96. The van der Waals surface area contributed by atoms with E-state index in [2.05, 4.69) is 34.1 Å². The molecule has 0 saturated carbocycles. The van der Waals surface area contributed by atoms with Crippen molar-refractivity contribution in [3.63, 3.8) is 0 Å². The largest absolute Gasteiger partial charge is 0.430 e. The standard InChI is InChI=1S/C15H17BrClNO2/c1-9(17)20-15(19)18-8-7-11-13(18)6-5-10-3-2-4-12(16)14(10)11/h2-4,9,11,13H,5-8H2,1H3/t9?,11-,13-/m1/s1. The number of nitrogens with zero attached hydrogens (tertiary/aromatic N) is 1. The Morgan fingerprint density at radius 2 is 2.30 bits per heavy atom. The molecule has 1 aliphatic heterocycles. The maximum absolute atomic E-state index is 12.1. The van der Waals surface area contributed by atoms with Crippen molar-refractivity contribution in [1.29, 1.82) is 0 Å². The molecule has 0 N–H and O–H groups in total. The molecule has 1 fully saturated rings. The van der Waals surface area contributed by atoms with Gasteiger partial charge in [-0.3, -0.25) is 0 Å². The van der Waals surface area contributed by atoms with Gasteiger partial charge in [0.25, 0.3) is 0 Å². The van der Waals surface area contributed by atoms with Crippen LogP contribution in [0.25, 0.3) is 0 Å². The first kappa shape index (κ1) is 14.2. The van der Waals surface area contributed by atoms with E-state index in [-0.39, 0.29) is 12.1 Å². The molecule has 0 aromatic heterocycles. The zero-order chi connectivity index (χ0) is 14.3. The zero-order valence-corrected chi connectivity index (χ0v) is 13.7. The third-order valence-corrected chi connectivity index (χ3v) is 5.05. The molecule has 3 rings (SSSR count). The molecule has 1 aliphatic carbocycles. The molecule has 3 nitrogen and oxygen atoms in total. The van der Waals surface area contributed by atoms with Crippen molar-refractivity contribution in [1.82, 2.24) is 4.90 Å². The fourth-order valence-corrected chi connectivity index (χ4v) is 4.28. The Hall–Kier alpha value is -0.740. The molecule has 5 heteroatoms. The van der Waals surface area contributed by atoms with Crippen LogP contribution in [0.1, 0.15) is 36.8 Å². The first-order valence-corrected chi connectivity index (χ1v) is 8.19. The van der Waals surface area contributed by atoms with Crippen LogP contribution < -0.4 is 0 Å². The lowest BCUT2D eigenvalue weighted by Crippen LogP contribution is -2.40. The van der Waals surface area contributed by atoms with Crippen LogP contribution in [0.15, 0.2) is 22.7 Å². The van der Waals surface area contributed by atoms with Crippen molar-refractivity contribution in [2.24, 2.45) is 0 Å². The minimum atomic E-state index is -0.579. The number of likely N-dealkylation sites (tertiary alicyclic amines) is 1. The van der Waals surface area contributed by atoms with E-state index in [1.165, 1.54) is 11.1 Å². The van der Waals surface area contributed by atoms with E-state index in [0.29, 0.717) is 5.92 Å². The summed E-state index contributed by atoms with van der Waals surface area (Å²) in [4.78, 5) is 14.0. The van der Waals surface area contributed by atoms with E-state index in [0.717, 1.165) is 30.3 Å². The number of benzene rings is 1. The number of hydrogen-bond acceptors (Lipinski definition) is 2. The fraction of sp³-hybridized carbons (Fsp3) is 0.533. The normalized spacial score (nSPS) is 25.9. The summed E-state index contributed by atoms with van der Waals surface area (Å²) in [6.45, 7) is 2.41. The number of ether oxygens (including phenoxy) is 1. The van der Waals surface area contributed by atoms with Crippen molar-refractivity contribution in [3.05, 3.63) is 33.8 Å². The lowest BCUT2D eigenvalue weighted by Gasteiger charge is -2.33. The lowest BCUT2D eigenvalue weighted by atomic mass is 9.79. The predicted octanol–water partition coefficient (Wildman–Crippen LogP) is 4.27. The third kappa shape index (κ3) is 2.44. The molecule has 1 saturated heterocycles. The van der Waals surface area contributed by atoms with Gasteiger partial charge in [-0.15, -0.1) is 0 Å². The summed E-state index contributed by atoms with van der Waals surface area (Å²) in [5, 5.41) is 0. The van der Waals surface area contributed by atoms with E-state index in [4.69, 9.17) is 16.3 Å². The molecule has 1 aromatic carbocycles. The van der Waals surface area contributed by atoms with Gasteiger partial charge in [0.15, 0.2) is 5.56 Å². The Kier molecular flexibility index (Phi) is 3.95. The van der Waals surface area contributed by atoms with Gasteiger partial charge in [-0.1, -0.05) is 39.7 Å². The number of carbonyl (C=O) groups is 1. The number of hydrogen-bond donors (Lipinski definition) is 0. The second-order valence-corrected chi connectivity index (χ2v) is 6.90. The molecule has 20 heavy (non-hydrogen) atoms. The molecule has 108 valence electrons. The molecule has 2 aliphatic rings. The smallest absolute Gasteiger partial charge is 0.411 e. The Morgan fingerprint density at radius 3 is 3.05 bits per heavy atom. The average Bonchev–Trinajstić information content (AvgIpc) is 2.81. The van der Waals surface area contributed by atoms with Gasteiger partial charge in [-0.05, 0) is 43.4 Å². The maximum atomic E-state index is 12.1. The molecular weight excluding hydrogens is 342 g/mol. The third-order valence-electron chi connectivity index (χ3n) is 4.27. The highest BCUT2D eigenvalue weighted by molar-refractivity contribution is 9.10. The molecular formula is C15H17BrClNO2. The number of fused-ring (bicyclic) bond motifs is 3. The van der Waals surface area contributed by atoms with E-state index >= 15 is 0 Å². The molecule has 0 spiro atoms. The highest BCUT2D eigenvalue weighted by Crippen LogP contribution is 2.44. The van der Waals surface area contributed by atoms with Gasteiger partial charge in [0.2, 0.25) is 0 Å². The minimum absolute atomic E-state index is 0.240. The Morgan fingerprint density at radius 1 is 1.50 bits per heavy atom. The number of amides is 1. The monoisotopic (exact) mass is 357 g/mol. The molecule has 1 heterocycles. The van der Waals surface area contributed by atoms with Crippen LogP contribution in [0.5, 0.6) is 0 Å². The summed E-state index contributed by atoms with van der Waals surface area (Å²) in [6.07, 6.45) is 2.72. The summed E-state index contributed by atoms with van der Waals surface area (Å²) in [6, 6.07) is 6.60. The van der Waals surface area contributed by atoms with Gasteiger partial charge >= 0.3 is 6.09 Å². The minimum Gasteiger partial charge on any atom is -0.430 e. The summed E-state index contributed by atoms with van der Waals surface area (Å²) in [5.41, 5.74) is 2.20. The summed E-state index contributed by atoms with van der Waals surface area (Å²) in [7, 11) is 0. The molecule has 0 radical (unpaired) electrons. The number of aryl methyl sites for hydroxylation is 1. The SMILES string of the molecule is CC(Cl)OC(=O)N1CC[C@H]2c3c(Br)cccc3CC[C@H]21. The summed E-state index contributed by atoms with van der Waals surface area (Å²) >= 11 is 9.42. The van der Waals surface area contributed by atoms with E-state index in [9.17, 15) is 4.79 Å². The van der Waals surface area contributed by atoms with Crippen LogP contribution in [0.3, 0.4) is 0 Å². The molecule has 1 unspecified atom stereocenters. The highest BCUT2D eigenvalue weighted by Gasteiger charge is 2.42. The number of carbonyl (C=O) groups excluding carboxylic acids is 1. The van der Waals surface area contributed by atoms with Crippen LogP contribution in [-0.2, 0) is 11.2 Å². The molecule has 0 bridgehead atoms. The lowest BCUT2D eigenvalue weighted by molar-refractivity contribution is 0.0883. The highest BCUT2D eigenvalue weighted by atomic mass is 79.9. The molecule has 3 atom stereocenters. The quantitative estimate of drug-likeness (QED) is 0.701. The number of alkyl halides is 1. The van der Waals surface area contributed by atoms with Gasteiger partial charge < -0.3 is 9.64 Å². The van der Waals surface area contributed by atoms with Crippen LogP contribution >= 0.6 is 27.5 Å². The Balaban J connectivity index is 1.85. The van der Waals surface area contributed by atoms with Crippen LogP contribution in [-0.4, -0.2) is 29.1 Å². The van der Waals surface area contributed by atoms with Gasteiger partial charge in [0, 0.05) is 23.0 Å². The van der Waals surface area contributed by atoms with Crippen molar-refractivity contribution in [2.45, 2.75) is 43.7 Å². The van der Waals surface area contributed by atoms with Crippen molar-refractivity contribution >= 4 is 33.6 Å². The van der Waals surface area contributed by atoms with E-state index in [1.54, 1.807) is 6.92 Å². The fourth-order valence-electron chi connectivity index (χ4n) is 3.50. The Bertz CT molecular complexity index is 535. The first-order chi connectivity index (χ1) is 9.58.